The SMILES string of the molecule is CC(Sc1nnc(N2CCOCC2)n1Cc1ccccc1)C(=O)Nc1ccc2c(c1)OCO2.CC(Sc1nncn1-c1ccccc1)C(=O)Nc1sc2c(c1C(N)=O)CCC2.Cc1ccc(C(C)C)c(OCCCSCc2nc3ccccc3[nH]2)c1.O=C(CSCC(=O)N1CCCc2ccccc21)Nc1ccccc1.O=C(NCCSCc1cccc(Cl)c1)C1CCCCn2nnnc21. The Kier molecular flexibility index (Phi) is 36.7. The molecule has 8 aromatic carbocycles. The van der Waals surface area contributed by atoms with Crippen molar-refractivity contribution in [2.24, 2.45) is 5.73 Å². The largest absolute Gasteiger partial charge is 0.493 e. The number of fused-ring (bicyclic) bond motifs is 5. The van der Waals surface area contributed by atoms with Crippen molar-refractivity contribution in [3.05, 3.63) is 267 Å². The molecule has 0 spiro atoms. The van der Waals surface area contributed by atoms with Crippen LogP contribution in [0.5, 0.6) is 17.2 Å². The van der Waals surface area contributed by atoms with Gasteiger partial charge in [-0.3, -0.25) is 37.9 Å². The number of carbonyl (C=O) groups excluding carboxylic acids is 6. The Balaban J connectivity index is 0.000000135. The molecule has 7 N–H and O–H groups in total. The number of morpholine rings is 1. The highest BCUT2D eigenvalue weighted by Gasteiger charge is 2.32. The molecular formula is C98H110ClN19O10S6. The van der Waals surface area contributed by atoms with E-state index >= 15 is 0 Å². The van der Waals surface area contributed by atoms with E-state index < -0.39 is 11.2 Å². The lowest BCUT2D eigenvalue weighted by Crippen LogP contribution is -2.38. The minimum Gasteiger partial charge on any atom is -0.493 e. The van der Waals surface area contributed by atoms with Crippen LogP contribution in [0.2, 0.25) is 5.02 Å². The van der Waals surface area contributed by atoms with E-state index in [1.54, 1.807) is 47.9 Å². The molecule has 18 rings (SSSR count). The van der Waals surface area contributed by atoms with Crippen LogP contribution in [-0.4, -0.2) is 181 Å². The number of nitrogens with two attached hydrogens (primary N) is 1. The number of ether oxygens (including phenoxy) is 4. The van der Waals surface area contributed by atoms with E-state index in [9.17, 15) is 28.8 Å². The number of tetrazole rings is 1. The molecule has 1 aliphatic carbocycles. The van der Waals surface area contributed by atoms with Crippen LogP contribution in [-0.2, 0) is 72.6 Å². The Morgan fingerprint density at radius 3 is 2.19 bits per heavy atom. The molecule has 36 heteroatoms. The highest BCUT2D eigenvalue weighted by molar-refractivity contribution is 8.01. The van der Waals surface area contributed by atoms with Gasteiger partial charge in [-0.25, -0.2) is 9.67 Å². The third kappa shape index (κ3) is 28.0. The number of aromatic nitrogens is 12. The standard InChI is InChI=1S/C23H25N5O4S.C21H26N2OS.C19H19N5O2S2.C19H20N2O2S.C16H20ClN5OS/c1-16(21(29)24-18-7-8-19-20(13-18)32-15-31-19)33-23-26-25-22(27-9-11-30-12-10-27)28(23)14-17-5-3-2-4-6-17;1-15(2)17-10-9-16(3)13-20(17)24-11-6-12-25-14-21-22-18-7-4-5-8-19(18)23-21;1-11(27-19-23-21-10-24(19)12-6-3-2-4-7-12)17(26)22-18-15(16(20)25)13-8-5-9-14(13)28-18;22-18(20-16-9-2-1-3-10-16)13-24-14-19(23)21-12-6-8-15-7-4-5-11-17(15)21;17-13-5-3-4-12(10-13)11-24-9-7-18-16(23)14-6-1-2-8-22-15(14)19-20-21-22/h2-8,13,16H,9-12,14-15H2,1H3,(H,24,29);4-5,7-10,13,15H,6,11-12,14H2,1-3H3,(H,22,23);2-4,6-7,10-11H,5,8-9H2,1H3,(H2,20,25)(H,22,26);1-5,7,9-11H,6,8,12-14H2,(H,20,22);3-5,10,14H,1-2,6-9,11H2,(H,18,23). The van der Waals surface area contributed by atoms with E-state index in [-0.39, 0.29) is 53.2 Å². The van der Waals surface area contributed by atoms with E-state index in [1.807, 2.05) is 162 Å². The number of hydrogen-bond acceptors (Lipinski definition) is 25. The fourth-order valence-corrected chi connectivity index (χ4v) is 20.9. The summed E-state index contributed by atoms with van der Waals surface area (Å²) < 4.78 is 27.9. The van der Waals surface area contributed by atoms with Gasteiger partial charge in [0.05, 0.1) is 76.6 Å². The number of halogens is 1. The van der Waals surface area contributed by atoms with Crippen LogP contribution >= 0.6 is 81.7 Å². The third-order valence-electron chi connectivity index (χ3n) is 22.2. The van der Waals surface area contributed by atoms with Crippen LogP contribution in [0.4, 0.5) is 28.0 Å². The Bertz CT molecular complexity index is 6030. The average molecular weight is 1940 g/mol. The molecule has 29 nitrogen and oxygen atoms in total. The molecule has 9 heterocycles. The molecule has 1 fully saturated rings. The second-order valence-corrected chi connectivity index (χ2v) is 39.7. The zero-order chi connectivity index (χ0) is 93.5. The molecule has 3 unspecified atom stereocenters. The van der Waals surface area contributed by atoms with Crippen molar-refractivity contribution in [1.29, 1.82) is 0 Å². The molecule has 0 bridgehead atoms. The number of carbonyl (C=O) groups is 6. The van der Waals surface area contributed by atoms with Crippen LogP contribution in [0.15, 0.2) is 217 Å². The average Bonchev–Trinajstić information content (AvgIpc) is 1.63. The number of imidazole rings is 1. The summed E-state index contributed by atoms with van der Waals surface area (Å²) in [6, 6.07) is 65.2. The quantitative estimate of drug-likeness (QED) is 0.0168. The fourth-order valence-electron chi connectivity index (χ4n) is 15.4. The Labute approximate surface area is 809 Å². The van der Waals surface area contributed by atoms with Crippen LogP contribution in [0, 0.1) is 6.92 Å². The minimum absolute atomic E-state index is 0.0244. The maximum absolute atomic E-state index is 12.9. The zero-order valence-electron chi connectivity index (χ0n) is 75.4. The van der Waals surface area contributed by atoms with Gasteiger partial charge in [-0.05, 0) is 200 Å². The van der Waals surface area contributed by atoms with Crippen molar-refractivity contribution >= 4 is 156 Å². The van der Waals surface area contributed by atoms with Gasteiger partial charge in [-0.15, -0.1) is 48.6 Å². The molecule has 4 aliphatic heterocycles. The molecule has 0 radical (unpaired) electrons. The summed E-state index contributed by atoms with van der Waals surface area (Å²) in [7, 11) is 0. The van der Waals surface area contributed by atoms with E-state index in [1.165, 1.54) is 68.9 Å². The highest BCUT2D eigenvalue weighted by Crippen LogP contribution is 2.41. The third-order valence-corrected chi connectivity index (χ3v) is 28.7. The second kappa shape index (κ2) is 50.0. The number of para-hydroxylation sites is 5. The lowest BCUT2D eigenvalue weighted by molar-refractivity contribution is -0.123. The number of hydrogen-bond donors (Lipinski definition) is 6. The first kappa shape index (κ1) is 98.3. The molecule has 3 atom stereocenters. The van der Waals surface area contributed by atoms with Gasteiger partial charge in [0.2, 0.25) is 42.3 Å². The summed E-state index contributed by atoms with van der Waals surface area (Å²) in [5, 5.41) is 42.2. The van der Waals surface area contributed by atoms with Crippen molar-refractivity contribution in [2.45, 2.75) is 150 Å². The smallest absolute Gasteiger partial charge is 0.251 e. The van der Waals surface area contributed by atoms with E-state index in [2.05, 4.69) is 146 Å². The number of benzene rings is 8. The van der Waals surface area contributed by atoms with Gasteiger partial charge < -0.3 is 60.7 Å². The number of nitrogens with one attached hydrogen (secondary N) is 5. The number of primary amides is 1. The first-order valence-corrected chi connectivity index (χ1v) is 51.2. The maximum atomic E-state index is 12.9. The first-order chi connectivity index (χ1) is 65.3. The lowest BCUT2D eigenvalue weighted by atomic mass is 10.0. The van der Waals surface area contributed by atoms with Crippen molar-refractivity contribution in [3.8, 4) is 22.9 Å². The maximum Gasteiger partial charge on any atom is 0.251 e. The minimum atomic E-state index is -0.487. The van der Waals surface area contributed by atoms with Crippen LogP contribution < -0.4 is 51.0 Å². The Morgan fingerprint density at radius 2 is 1.40 bits per heavy atom. The summed E-state index contributed by atoms with van der Waals surface area (Å²) in [5.41, 5.74) is 18.7. The summed E-state index contributed by atoms with van der Waals surface area (Å²) in [5.74, 6) is 8.65. The lowest BCUT2D eigenvalue weighted by Gasteiger charge is -2.29. The number of thioether (sulfide) groups is 5. The topological polar surface area (TPSA) is 354 Å². The van der Waals surface area contributed by atoms with Gasteiger partial charge in [0.15, 0.2) is 27.6 Å². The predicted octanol–water partition coefficient (Wildman–Crippen LogP) is 17.7. The number of thiophene rings is 1. The first-order valence-electron chi connectivity index (χ1n) is 44.8. The van der Waals surface area contributed by atoms with E-state index in [0.717, 1.165) is 180 Å². The summed E-state index contributed by atoms with van der Waals surface area (Å²) >= 11 is 15.2. The summed E-state index contributed by atoms with van der Waals surface area (Å²) in [6.45, 7) is 16.8. The number of nitrogens with zero attached hydrogens (tertiary/aromatic N) is 13. The van der Waals surface area contributed by atoms with Gasteiger partial charge in [0.25, 0.3) is 5.91 Å². The molecule has 13 aromatic rings. The van der Waals surface area contributed by atoms with Crippen molar-refractivity contribution < 1.29 is 47.7 Å². The monoisotopic (exact) mass is 1940 g/mol. The molecule has 6 amide bonds. The predicted molar refractivity (Wildman–Crippen MR) is 537 cm³/mol. The second-order valence-electron chi connectivity index (χ2n) is 32.4. The number of amides is 6. The van der Waals surface area contributed by atoms with Gasteiger partial charge in [0, 0.05) is 82.9 Å². The fraction of sp³-hybridized carbons (Fsp3) is 0.347. The molecular weight excluding hydrogens is 1830 g/mol. The molecule has 700 valence electrons. The zero-order valence-corrected chi connectivity index (χ0v) is 81.1. The van der Waals surface area contributed by atoms with Crippen molar-refractivity contribution in [3.63, 3.8) is 0 Å². The highest BCUT2D eigenvalue weighted by atomic mass is 35.5. The van der Waals surface area contributed by atoms with E-state index in [4.69, 9.17) is 36.3 Å². The van der Waals surface area contributed by atoms with Crippen molar-refractivity contribution in [2.75, 3.05) is 102 Å². The normalized spacial score (nSPS) is 14.4. The van der Waals surface area contributed by atoms with Crippen LogP contribution in [0.3, 0.4) is 0 Å². The molecule has 134 heavy (non-hydrogen) atoms. The number of H-pyrrole nitrogens is 1. The molecule has 1 saturated heterocycles. The number of aryl methyl sites for hydroxylation is 4. The van der Waals surface area contributed by atoms with E-state index in [0.29, 0.717) is 81.9 Å². The number of aromatic amines is 1. The van der Waals surface area contributed by atoms with Gasteiger partial charge in [-0.2, -0.15) is 23.5 Å². The van der Waals surface area contributed by atoms with Crippen LogP contribution in [0.1, 0.15) is 138 Å². The molecule has 5 aromatic heterocycles. The van der Waals surface area contributed by atoms with Gasteiger partial charge >= 0.3 is 0 Å². The summed E-state index contributed by atoms with van der Waals surface area (Å²) in [6.07, 6.45) is 10.3. The van der Waals surface area contributed by atoms with Gasteiger partial charge in [-0.1, -0.05) is 177 Å². The van der Waals surface area contributed by atoms with Gasteiger partial charge in [0.1, 0.15) is 22.9 Å². The molecule has 5 aliphatic rings. The molecule has 0 saturated carbocycles. The summed E-state index contributed by atoms with van der Waals surface area (Å²) in [4.78, 5) is 87.6. The Morgan fingerprint density at radius 1 is 0.657 bits per heavy atom. The number of rotatable bonds is 32. The number of anilines is 5. The Hall–Kier alpha value is -11.7. The van der Waals surface area contributed by atoms with Crippen LogP contribution in [0.25, 0.3) is 16.7 Å². The van der Waals surface area contributed by atoms with Crippen molar-refractivity contribution in [1.82, 2.24) is 65.0 Å².